The molecule has 3 rings (SSSR count). The van der Waals surface area contributed by atoms with Crippen molar-refractivity contribution < 1.29 is 14.3 Å². The standard InChI is InChI=1S/C15H14FN5O2/c1-8-5-9(2)21(20-8)7-13(22)18-19-14-11-6-10(16)3-4-12(11)17-15(14)23/h3-6,17,23H,7H2,1-2H3. The maximum absolute atomic E-state index is 13.3. The highest BCUT2D eigenvalue weighted by molar-refractivity contribution is 5.94. The first-order valence-electron chi connectivity index (χ1n) is 6.90. The van der Waals surface area contributed by atoms with E-state index < -0.39 is 11.7 Å². The van der Waals surface area contributed by atoms with Crippen LogP contribution >= 0.6 is 0 Å². The minimum Gasteiger partial charge on any atom is -0.493 e. The quantitative estimate of drug-likeness (QED) is 0.727. The topological polar surface area (TPSA) is 95.6 Å². The molecule has 0 spiro atoms. The van der Waals surface area contributed by atoms with Crippen molar-refractivity contribution in [1.29, 1.82) is 0 Å². The Balaban J connectivity index is 1.85. The zero-order valence-electron chi connectivity index (χ0n) is 12.5. The van der Waals surface area contributed by atoms with Crippen LogP contribution in [0.2, 0.25) is 0 Å². The van der Waals surface area contributed by atoms with Gasteiger partial charge in [0.2, 0.25) is 5.88 Å². The number of aromatic nitrogens is 3. The van der Waals surface area contributed by atoms with E-state index in [-0.39, 0.29) is 18.1 Å². The molecule has 1 aromatic carbocycles. The Kier molecular flexibility index (Phi) is 3.65. The average molecular weight is 315 g/mol. The summed E-state index contributed by atoms with van der Waals surface area (Å²) >= 11 is 0. The van der Waals surface area contributed by atoms with Crippen molar-refractivity contribution in [3.8, 4) is 5.88 Å². The SMILES string of the molecule is Cc1cc(C)n(CC(=O)N=Nc2c(O)[nH]c3ccc(F)cc23)n1. The number of aromatic amines is 1. The number of hydrogen-bond acceptors (Lipinski definition) is 4. The molecule has 0 aliphatic heterocycles. The monoisotopic (exact) mass is 315 g/mol. The van der Waals surface area contributed by atoms with Crippen LogP contribution in [-0.2, 0) is 11.3 Å². The molecular weight excluding hydrogens is 301 g/mol. The fourth-order valence-corrected chi connectivity index (χ4v) is 2.34. The lowest BCUT2D eigenvalue weighted by molar-refractivity contribution is -0.119. The predicted octanol–water partition coefficient (Wildman–Crippen LogP) is 3.14. The molecule has 8 heteroatoms. The second kappa shape index (κ2) is 5.64. The van der Waals surface area contributed by atoms with Gasteiger partial charge >= 0.3 is 0 Å². The first-order valence-corrected chi connectivity index (χ1v) is 6.90. The maximum Gasteiger partial charge on any atom is 0.286 e. The maximum atomic E-state index is 13.3. The number of benzene rings is 1. The average Bonchev–Trinajstić information content (AvgIpc) is 2.95. The number of hydrogen-bond donors (Lipinski definition) is 2. The lowest BCUT2D eigenvalue weighted by atomic mass is 10.2. The molecule has 0 aliphatic rings. The fourth-order valence-electron chi connectivity index (χ4n) is 2.34. The van der Waals surface area contributed by atoms with Crippen LogP contribution in [0.1, 0.15) is 11.4 Å². The number of amides is 1. The highest BCUT2D eigenvalue weighted by Crippen LogP contribution is 2.35. The number of nitrogens with one attached hydrogen (secondary N) is 1. The van der Waals surface area contributed by atoms with E-state index in [1.54, 1.807) is 0 Å². The van der Waals surface area contributed by atoms with Gasteiger partial charge < -0.3 is 10.1 Å². The van der Waals surface area contributed by atoms with Gasteiger partial charge in [0.1, 0.15) is 12.4 Å². The van der Waals surface area contributed by atoms with Gasteiger partial charge in [-0.2, -0.15) is 5.10 Å². The highest BCUT2D eigenvalue weighted by Gasteiger charge is 2.12. The number of nitrogens with zero attached hydrogens (tertiary/aromatic N) is 4. The zero-order chi connectivity index (χ0) is 16.6. The van der Waals surface area contributed by atoms with Crippen molar-refractivity contribution in [2.75, 3.05) is 0 Å². The number of carbonyl (C=O) groups excluding carboxylic acids is 1. The van der Waals surface area contributed by atoms with Crippen LogP contribution in [0, 0.1) is 19.7 Å². The third kappa shape index (κ3) is 2.96. The molecule has 0 fully saturated rings. The number of H-pyrrole nitrogens is 1. The van der Waals surface area contributed by atoms with Gasteiger partial charge in [0.05, 0.1) is 11.2 Å². The Morgan fingerprint density at radius 3 is 2.87 bits per heavy atom. The van der Waals surface area contributed by atoms with Crippen molar-refractivity contribution in [3.05, 3.63) is 41.5 Å². The largest absolute Gasteiger partial charge is 0.493 e. The number of aryl methyl sites for hydroxylation is 2. The van der Waals surface area contributed by atoms with Gasteiger partial charge in [-0.1, -0.05) is 0 Å². The van der Waals surface area contributed by atoms with Crippen molar-refractivity contribution >= 4 is 22.5 Å². The van der Waals surface area contributed by atoms with Crippen LogP contribution in [0.5, 0.6) is 5.88 Å². The predicted molar refractivity (Wildman–Crippen MR) is 81.1 cm³/mol. The molecule has 0 unspecified atom stereocenters. The number of azo groups is 1. The van der Waals surface area contributed by atoms with Crippen LogP contribution in [-0.4, -0.2) is 25.8 Å². The number of halogens is 1. The van der Waals surface area contributed by atoms with Gasteiger partial charge in [0, 0.05) is 11.1 Å². The van der Waals surface area contributed by atoms with E-state index in [4.69, 9.17) is 0 Å². The first-order chi connectivity index (χ1) is 10.9. The van der Waals surface area contributed by atoms with Crippen molar-refractivity contribution in [3.63, 3.8) is 0 Å². The van der Waals surface area contributed by atoms with Crippen LogP contribution < -0.4 is 0 Å². The van der Waals surface area contributed by atoms with Gasteiger partial charge in [-0.25, -0.2) is 4.39 Å². The molecule has 2 aromatic heterocycles. The van der Waals surface area contributed by atoms with Gasteiger partial charge in [-0.05, 0) is 38.1 Å². The van der Waals surface area contributed by atoms with E-state index in [2.05, 4.69) is 20.3 Å². The second-order valence-corrected chi connectivity index (χ2v) is 5.19. The van der Waals surface area contributed by atoms with Crippen molar-refractivity contribution in [2.45, 2.75) is 20.4 Å². The minimum absolute atomic E-state index is 0.0289. The van der Waals surface area contributed by atoms with Gasteiger partial charge in [-0.3, -0.25) is 9.48 Å². The summed E-state index contributed by atoms with van der Waals surface area (Å²) in [5.41, 5.74) is 2.17. The Hall–Kier alpha value is -3.03. The summed E-state index contributed by atoms with van der Waals surface area (Å²) in [5.74, 6) is -1.27. The molecule has 0 saturated heterocycles. The molecule has 0 atom stereocenters. The molecule has 2 heterocycles. The van der Waals surface area contributed by atoms with E-state index in [1.807, 2.05) is 19.9 Å². The van der Waals surface area contributed by atoms with Gasteiger partial charge in [0.15, 0.2) is 5.69 Å². The molecule has 7 nitrogen and oxygen atoms in total. The lowest BCUT2D eigenvalue weighted by Gasteiger charge is -1.99. The molecule has 2 N–H and O–H groups in total. The number of aromatic hydroxyl groups is 1. The van der Waals surface area contributed by atoms with E-state index in [1.165, 1.54) is 22.9 Å². The summed E-state index contributed by atoms with van der Waals surface area (Å²) in [6.07, 6.45) is 0. The molecule has 0 aliphatic carbocycles. The number of fused-ring (bicyclic) bond motifs is 1. The van der Waals surface area contributed by atoms with E-state index in [9.17, 15) is 14.3 Å². The molecule has 3 aromatic rings. The summed E-state index contributed by atoms with van der Waals surface area (Å²) < 4.78 is 14.8. The number of carbonyl (C=O) groups is 1. The normalized spacial score (nSPS) is 11.6. The van der Waals surface area contributed by atoms with Crippen LogP contribution in [0.3, 0.4) is 0 Å². The molecule has 23 heavy (non-hydrogen) atoms. The third-order valence-corrected chi connectivity index (χ3v) is 3.36. The van der Waals surface area contributed by atoms with Gasteiger partial charge in [0.25, 0.3) is 5.91 Å². The Labute approximate surface area is 130 Å². The summed E-state index contributed by atoms with van der Waals surface area (Å²) in [6.45, 7) is 3.60. The van der Waals surface area contributed by atoms with Crippen LogP contribution in [0.15, 0.2) is 34.5 Å². The molecule has 0 radical (unpaired) electrons. The summed E-state index contributed by atoms with van der Waals surface area (Å²) in [4.78, 5) is 14.5. The molecule has 1 amide bonds. The Morgan fingerprint density at radius 1 is 1.39 bits per heavy atom. The van der Waals surface area contributed by atoms with Crippen LogP contribution in [0.25, 0.3) is 10.9 Å². The van der Waals surface area contributed by atoms with E-state index in [0.717, 1.165) is 11.4 Å². The third-order valence-electron chi connectivity index (χ3n) is 3.36. The Bertz CT molecular complexity index is 925. The van der Waals surface area contributed by atoms with Gasteiger partial charge in [-0.15, -0.1) is 10.2 Å². The lowest BCUT2D eigenvalue weighted by Crippen LogP contribution is -2.10. The van der Waals surface area contributed by atoms with Crippen molar-refractivity contribution in [1.82, 2.24) is 14.8 Å². The summed E-state index contributed by atoms with van der Waals surface area (Å²) in [7, 11) is 0. The molecule has 0 bridgehead atoms. The summed E-state index contributed by atoms with van der Waals surface area (Å²) in [5, 5.41) is 21.7. The van der Waals surface area contributed by atoms with Crippen LogP contribution in [0.4, 0.5) is 10.1 Å². The van der Waals surface area contributed by atoms with Crippen molar-refractivity contribution in [2.24, 2.45) is 10.2 Å². The molecule has 0 saturated carbocycles. The number of rotatable bonds is 3. The molecular formula is C15H14FN5O2. The molecule has 118 valence electrons. The summed E-state index contributed by atoms with van der Waals surface area (Å²) in [6, 6.07) is 5.79. The fraction of sp³-hybridized carbons (Fsp3) is 0.200. The zero-order valence-corrected chi connectivity index (χ0v) is 12.5. The Morgan fingerprint density at radius 2 is 2.17 bits per heavy atom. The first kappa shape index (κ1) is 14.9. The van der Waals surface area contributed by atoms with E-state index >= 15 is 0 Å². The minimum atomic E-state index is -0.527. The highest BCUT2D eigenvalue weighted by atomic mass is 19.1. The second-order valence-electron chi connectivity index (χ2n) is 5.19. The smallest absolute Gasteiger partial charge is 0.286 e. The van der Waals surface area contributed by atoms with E-state index in [0.29, 0.717) is 10.9 Å².